The first-order valence-corrected chi connectivity index (χ1v) is 8.63. The monoisotopic (exact) mass is 317 g/mol. The van der Waals surface area contributed by atoms with Crippen molar-refractivity contribution in [2.45, 2.75) is 25.8 Å². The minimum absolute atomic E-state index is 0.322. The van der Waals surface area contributed by atoms with Gasteiger partial charge in [-0.1, -0.05) is 18.2 Å². The lowest BCUT2D eigenvalue weighted by Gasteiger charge is -2.29. The van der Waals surface area contributed by atoms with Crippen LogP contribution in [0.4, 0.5) is 5.13 Å². The summed E-state index contributed by atoms with van der Waals surface area (Å²) in [6.45, 7) is 5.25. The number of nitrogens with zero attached hydrogens (tertiary/aromatic N) is 2. The Morgan fingerprint density at radius 1 is 1.32 bits per heavy atom. The minimum atomic E-state index is 0.322. The van der Waals surface area contributed by atoms with Crippen molar-refractivity contribution in [2.24, 2.45) is 0 Å². The van der Waals surface area contributed by atoms with E-state index in [-0.39, 0.29) is 0 Å². The third-order valence-electron chi connectivity index (χ3n) is 4.15. The smallest absolute Gasteiger partial charge is 0.182 e. The number of aryl methyl sites for hydroxylation is 1. The highest BCUT2D eigenvalue weighted by atomic mass is 32.1. The van der Waals surface area contributed by atoms with Crippen molar-refractivity contribution < 1.29 is 4.74 Å². The van der Waals surface area contributed by atoms with Crippen LogP contribution in [-0.2, 0) is 0 Å². The Kier molecular flexibility index (Phi) is 4.95. The SMILES string of the molecule is COc1ccccc1C(CNc1ncc(C)s1)N1CCCC1. The van der Waals surface area contributed by atoms with Crippen LogP contribution >= 0.6 is 11.3 Å². The van der Waals surface area contributed by atoms with Crippen LogP contribution in [0.5, 0.6) is 5.75 Å². The summed E-state index contributed by atoms with van der Waals surface area (Å²) in [7, 11) is 1.75. The van der Waals surface area contributed by atoms with Gasteiger partial charge in [0.05, 0.1) is 13.2 Å². The Morgan fingerprint density at radius 3 is 2.77 bits per heavy atom. The number of anilines is 1. The van der Waals surface area contributed by atoms with Gasteiger partial charge in [0.1, 0.15) is 5.75 Å². The fourth-order valence-electron chi connectivity index (χ4n) is 3.05. The topological polar surface area (TPSA) is 37.4 Å². The van der Waals surface area contributed by atoms with E-state index in [9.17, 15) is 0 Å². The Bertz CT molecular complexity index is 607. The van der Waals surface area contributed by atoms with Gasteiger partial charge in [0, 0.05) is 23.2 Å². The van der Waals surface area contributed by atoms with Gasteiger partial charge in [0.25, 0.3) is 0 Å². The second-order valence-electron chi connectivity index (χ2n) is 5.66. The standard InChI is InChI=1S/C17H23N3OS/c1-13-11-18-17(22-13)19-12-15(20-9-5-6-10-20)14-7-3-4-8-16(14)21-2/h3-4,7-8,11,15H,5-6,9-10,12H2,1-2H3,(H,18,19). The van der Waals surface area contributed by atoms with Gasteiger partial charge in [0.15, 0.2) is 5.13 Å². The summed E-state index contributed by atoms with van der Waals surface area (Å²) in [6, 6.07) is 8.67. The maximum Gasteiger partial charge on any atom is 0.182 e. The number of hydrogen-bond donors (Lipinski definition) is 1. The number of rotatable bonds is 6. The Morgan fingerprint density at radius 2 is 2.09 bits per heavy atom. The number of thiazole rings is 1. The highest BCUT2D eigenvalue weighted by Crippen LogP contribution is 2.32. The number of aromatic nitrogens is 1. The molecule has 0 aliphatic carbocycles. The summed E-state index contributed by atoms with van der Waals surface area (Å²) in [5.41, 5.74) is 1.26. The van der Waals surface area contributed by atoms with Crippen molar-refractivity contribution in [3.63, 3.8) is 0 Å². The lowest BCUT2D eigenvalue weighted by molar-refractivity contribution is 0.249. The number of nitrogens with one attached hydrogen (secondary N) is 1. The van der Waals surface area contributed by atoms with E-state index < -0.39 is 0 Å². The number of methoxy groups -OCH3 is 1. The van der Waals surface area contributed by atoms with E-state index in [1.807, 2.05) is 18.3 Å². The fraction of sp³-hybridized carbons (Fsp3) is 0.471. The molecular formula is C17H23N3OS. The first-order chi connectivity index (χ1) is 10.8. The molecule has 3 rings (SSSR count). The van der Waals surface area contributed by atoms with E-state index in [4.69, 9.17) is 4.74 Å². The van der Waals surface area contributed by atoms with Gasteiger partial charge < -0.3 is 10.1 Å². The molecule has 0 radical (unpaired) electrons. The van der Waals surface area contributed by atoms with Crippen molar-refractivity contribution in [3.8, 4) is 5.75 Å². The van der Waals surface area contributed by atoms with Crippen LogP contribution in [0.1, 0.15) is 29.3 Å². The maximum absolute atomic E-state index is 5.57. The third kappa shape index (κ3) is 3.42. The highest BCUT2D eigenvalue weighted by molar-refractivity contribution is 7.15. The lowest BCUT2D eigenvalue weighted by atomic mass is 10.0. The molecule has 0 bridgehead atoms. The number of ether oxygens (including phenoxy) is 1. The first-order valence-electron chi connectivity index (χ1n) is 7.81. The zero-order valence-corrected chi connectivity index (χ0v) is 14.0. The average molecular weight is 317 g/mol. The van der Waals surface area contributed by atoms with Gasteiger partial charge in [0.2, 0.25) is 0 Å². The van der Waals surface area contributed by atoms with Crippen LogP contribution in [0.25, 0.3) is 0 Å². The zero-order chi connectivity index (χ0) is 15.4. The van der Waals surface area contributed by atoms with Crippen molar-refractivity contribution >= 4 is 16.5 Å². The van der Waals surface area contributed by atoms with Crippen LogP contribution in [0.3, 0.4) is 0 Å². The molecule has 1 fully saturated rings. The van der Waals surface area contributed by atoms with Crippen molar-refractivity contribution in [1.29, 1.82) is 0 Å². The summed E-state index contributed by atoms with van der Waals surface area (Å²) in [4.78, 5) is 8.19. The van der Waals surface area contributed by atoms with Gasteiger partial charge in [-0.2, -0.15) is 0 Å². The van der Waals surface area contributed by atoms with Crippen LogP contribution in [-0.4, -0.2) is 36.6 Å². The van der Waals surface area contributed by atoms with Crippen LogP contribution in [0.15, 0.2) is 30.5 Å². The molecular weight excluding hydrogens is 294 g/mol. The molecule has 0 spiro atoms. The minimum Gasteiger partial charge on any atom is -0.496 e. The highest BCUT2D eigenvalue weighted by Gasteiger charge is 2.25. The molecule has 1 aliphatic rings. The normalized spacial score (nSPS) is 16.6. The van der Waals surface area contributed by atoms with Gasteiger partial charge in [-0.3, -0.25) is 4.90 Å². The summed E-state index contributed by atoms with van der Waals surface area (Å²) >= 11 is 1.71. The van der Waals surface area contributed by atoms with Gasteiger partial charge in [-0.05, 0) is 38.9 Å². The average Bonchev–Trinajstić information content (AvgIpc) is 3.20. The van der Waals surface area contributed by atoms with E-state index in [0.717, 1.165) is 30.5 Å². The number of para-hydroxylation sites is 1. The van der Waals surface area contributed by atoms with E-state index in [1.54, 1.807) is 18.4 Å². The predicted molar refractivity (Wildman–Crippen MR) is 91.9 cm³/mol. The fourth-order valence-corrected chi connectivity index (χ4v) is 3.72. The van der Waals surface area contributed by atoms with Crippen molar-refractivity contribution in [3.05, 3.63) is 40.9 Å². The molecule has 0 amide bonds. The quantitative estimate of drug-likeness (QED) is 0.881. The van der Waals surface area contributed by atoms with Crippen LogP contribution < -0.4 is 10.1 Å². The second-order valence-corrected chi connectivity index (χ2v) is 6.89. The molecule has 0 saturated carbocycles. The molecule has 2 heterocycles. The van der Waals surface area contributed by atoms with Crippen molar-refractivity contribution in [1.82, 2.24) is 9.88 Å². The zero-order valence-electron chi connectivity index (χ0n) is 13.2. The lowest BCUT2D eigenvalue weighted by Crippen LogP contribution is -2.31. The molecule has 1 aromatic heterocycles. The predicted octanol–water partition coefficient (Wildman–Crippen LogP) is 3.71. The number of benzene rings is 1. The molecule has 2 aromatic rings. The number of likely N-dealkylation sites (tertiary alicyclic amines) is 1. The Hall–Kier alpha value is -1.59. The third-order valence-corrected chi connectivity index (χ3v) is 5.02. The van der Waals surface area contributed by atoms with Gasteiger partial charge in [-0.25, -0.2) is 4.98 Å². The van der Waals surface area contributed by atoms with E-state index in [1.165, 1.54) is 23.3 Å². The summed E-state index contributed by atoms with van der Waals surface area (Å²) < 4.78 is 5.57. The molecule has 22 heavy (non-hydrogen) atoms. The molecule has 1 atom stereocenters. The summed E-state index contributed by atoms with van der Waals surface area (Å²) in [5.74, 6) is 0.969. The molecule has 1 N–H and O–H groups in total. The van der Waals surface area contributed by atoms with E-state index in [2.05, 4.69) is 34.3 Å². The second kappa shape index (κ2) is 7.11. The molecule has 1 aliphatic heterocycles. The molecule has 4 nitrogen and oxygen atoms in total. The Labute approximate surface area is 136 Å². The maximum atomic E-state index is 5.57. The number of hydrogen-bond acceptors (Lipinski definition) is 5. The summed E-state index contributed by atoms with van der Waals surface area (Å²) in [6.07, 6.45) is 4.48. The van der Waals surface area contributed by atoms with Gasteiger partial charge in [-0.15, -0.1) is 11.3 Å². The van der Waals surface area contributed by atoms with E-state index >= 15 is 0 Å². The first kappa shape index (κ1) is 15.3. The summed E-state index contributed by atoms with van der Waals surface area (Å²) in [5, 5.41) is 4.50. The molecule has 118 valence electrons. The van der Waals surface area contributed by atoms with E-state index in [0.29, 0.717) is 6.04 Å². The largest absolute Gasteiger partial charge is 0.496 e. The van der Waals surface area contributed by atoms with Gasteiger partial charge >= 0.3 is 0 Å². The Balaban J connectivity index is 1.80. The molecule has 1 aromatic carbocycles. The molecule has 1 saturated heterocycles. The van der Waals surface area contributed by atoms with Crippen LogP contribution in [0, 0.1) is 6.92 Å². The van der Waals surface area contributed by atoms with Crippen molar-refractivity contribution in [2.75, 3.05) is 32.1 Å². The molecule has 5 heteroatoms. The molecule has 1 unspecified atom stereocenters. The van der Waals surface area contributed by atoms with Crippen LogP contribution in [0.2, 0.25) is 0 Å².